The zero-order chi connectivity index (χ0) is 8.23. The third-order valence-electron chi connectivity index (χ3n) is 2.97. The van der Waals surface area contributed by atoms with Gasteiger partial charge in [-0.15, -0.1) is 0 Å². The lowest BCUT2D eigenvalue weighted by molar-refractivity contribution is -0.664. The van der Waals surface area contributed by atoms with E-state index >= 15 is 0 Å². The van der Waals surface area contributed by atoms with E-state index in [0.717, 1.165) is 32.3 Å². The molecule has 0 spiro atoms. The fraction of sp³-hybridized carbons (Fsp3) is 1.00. The lowest BCUT2D eigenvalue weighted by Gasteiger charge is -2.35. The van der Waals surface area contributed by atoms with Crippen molar-refractivity contribution in [1.29, 1.82) is 0 Å². The molecule has 0 aliphatic carbocycles. The summed E-state index contributed by atoms with van der Waals surface area (Å²) in [5.41, 5.74) is 0. The molecule has 2 rings (SSSR count). The lowest BCUT2D eigenvalue weighted by Crippen LogP contribution is -2.87. The van der Waals surface area contributed by atoms with E-state index in [0.29, 0.717) is 0 Å². The molecule has 0 unspecified atom stereocenters. The summed E-state index contributed by atoms with van der Waals surface area (Å²) in [6.07, 6.45) is 2.75. The molecule has 3 heteroatoms. The molecule has 0 aromatic carbocycles. The second kappa shape index (κ2) is 4.21. The van der Waals surface area contributed by atoms with Crippen LogP contribution < -0.4 is 5.32 Å². The monoisotopic (exact) mass is 171 g/mol. The normalized spacial score (nSPS) is 29.0. The van der Waals surface area contributed by atoms with Crippen molar-refractivity contribution in [1.82, 2.24) is 4.90 Å². The Bertz CT molecular complexity index is 112. The minimum atomic E-state index is 0.860. The number of quaternary nitrogens is 1. The van der Waals surface area contributed by atoms with Crippen LogP contribution in [0.1, 0.15) is 12.8 Å². The van der Waals surface area contributed by atoms with Crippen molar-refractivity contribution in [3.8, 4) is 0 Å². The standard InChI is InChI=1S/C9H18N2O/c1-3-10-4-2-9(1)11-5-7-12-8-6-11/h9-10H,1-8H2/p+1. The molecule has 2 aliphatic heterocycles. The lowest BCUT2D eigenvalue weighted by atomic mass is 10.0. The minimum Gasteiger partial charge on any atom is -0.379 e. The van der Waals surface area contributed by atoms with E-state index in [1.165, 1.54) is 25.9 Å². The van der Waals surface area contributed by atoms with Crippen LogP contribution in [0.15, 0.2) is 0 Å². The predicted octanol–water partition coefficient (Wildman–Crippen LogP) is -0.956. The highest BCUT2D eigenvalue weighted by Gasteiger charge is 2.23. The van der Waals surface area contributed by atoms with Crippen LogP contribution in [0.2, 0.25) is 0 Å². The first-order valence-electron chi connectivity index (χ1n) is 5.10. The second-order valence-electron chi connectivity index (χ2n) is 3.75. The minimum absolute atomic E-state index is 0.860. The number of nitrogens with two attached hydrogens (primary N) is 1. The molecule has 2 aliphatic rings. The average Bonchev–Trinajstić information content (AvgIpc) is 2.21. The van der Waals surface area contributed by atoms with E-state index in [1.807, 2.05) is 0 Å². The van der Waals surface area contributed by atoms with Crippen molar-refractivity contribution >= 4 is 0 Å². The zero-order valence-electron chi connectivity index (χ0n) is 7.67. The summed E-state index contributed by atoms with van der Waals surface area (Å²) >= 11 is 0. The van der Waals surface area contributed by atoms with Crippen LogP contribution in [0, 0.1) is 0 Å². The molecule has 0 radical (unpaired) electrons. The van der Waals surface area contributed by atoms with Gasteiger partial charge in [-0.05, 0) is 0 Å². The van der Waals surface area contributed by atoms with Gasteiger partial charge in [0.15, 0.2) is 0 Å². The van der Waals surface area contributed by atoms with E-state index in [4.69, 9.17) is 4.74 Å². The summed E-state index contributed by atoms with van der Waals surface area (Å²) in [6.45, 7) is 6.85. The van der Waals surface area contributed by atoms with Crippen LogP contribution in [0.3, 0.4) is 0 Å². The third kappa shape index (κ3) is 1.97. The molecule has 0 atom stereocenters. The topological polar surface area (TPSA) is 29.1 Å². The molecule has 0 aromatic rings. The number of rotatable bonds is 1. The van der Waals surface area contributed by atoms with E-state index < -0.39 is 0 Å². The zero-order valence-corrected chi connectivity index (χ0v) is 7.67. The molecule has 0 saturated carbocycles. The Labute approximate surface area is 74.1 Å². The summed E-state index contributed by atoms with van der Waals surface area (Å²) in [4.78, 5) is 2.61. The molecule has 2 N–H and O–H groups in total. The van der Waals surface area contributed by atoms with Crippen molar-refractivity contribution < 1.29 is 10.1 Å². The van der Waals surface area contributed by atoms with Gasteiger partial charge in [-0.2, -0.15) is 0 Å². The maximum atomic E-state index is 5.34. The molecule has 70 valence electrons. The number of ether oxygens (including phenoxy) is 1. The van der Waals surface area contributed by atoms with Gasteiger partial charge in [0.2, 0.25) is 0 Å². The Morgan fingerprint density at radius 2 is 1.75 bits per heavy atom. The van der Waals surface area contributed by atoms with Crippen molar-refractivity contribution in [2.75, 3.05) is 39.4 Å². The van der Waals surface area contributed by atoms with Crippen molar-refractivity contribution in [2.24, 2.45) is 0 Å². The van der Waals surface area contributed by atoms with Crippen LogP contribution in [0.5, 0.6) is 0 Å². The van der Waals surface area contributed by atoms with E-state index in [1.54, 1.807) is 0 Å². The van der Waals surface area contributed by atoms with Crippen molar-refractivity contribution in [3.63, 3.8) is 0 Å². The first-order valence-corrected chi connectivity index (χ1v) is 5.10. The number of piperidine rings is 1. The summed E-state index contributed by atoms with van der Waals surface area (Å²) in [6, 6.07) is 0.860. The fourth-order valence-corrected chi connectivity index (χ4v) is 2.22. The third-order valence-corrected chi connectivity index (χ3v) is 2.97. The van der Waals surface area contributed by atoms with Gasteiger partial charge >= 0.3 is 0 Å². The van der Waals surface area contributed by atoms with Crippen LogP contribution in [-0.2, 0) is 4.74 Å². The van der Waals surface area contributed by atoms with Gasteiger partial charge in [-0.3, -0.25) is 4.90 Å². The molecule has 2 saturated heterocycles. The highest BCUT2D eigenvalue weighted by atomic mass is 16.5. The van der Waals surface area contributed by atoms with Crippen LogP contribution in [0.4, 0.5) is 0 Å². The van der Waals surface area contributed by atoms with Crippen molar-refractivity contribution in [2.45, 2.75) is 18.9 Å². The molecule has 2 heterocycles. The van der Waals surface area contributed by atoms with Crippen LogP contribution >= 0.6 is 0 Å². The largest absolute Gasteiger partial charge is 0.379 e. The van der Waals surface area contributed by atoms with Gasteiger partial charge in [-0.25, -0.2) is 0 Å². The number of hydrogen-bond acceptors (Lipinski definition) is 2. The summed E-state index contributed by atoms with van der Waals surface area (Å²) in [7, 11) is 0. The highest BCUT2D eigenvalue weighted by molar-refractivity contribution is 4.74. The first-order chi connectivity index (χ1) is 5.97. The van der Waals surface area contributed by atoms with Gasteiger partial charge in [-0.1, -0.05) is 0 Å². The Balaban J connectivity index is 1.80. The summed E-state index contributed by atoms with van der Waals surface area (Å²) in [5.74, 6) is 0. The van der Waals surface area contributed by atoms with E-state index in [2.05, 4.69) is 10.2 Å². The van der Waals surface area contributed by atoms with Gasteiger partial charge in [0.25, 0.3) is 0 Å². The van der Waals surface area contributed by atoms with Crippen LogP contribution in [0.25, 0.3) is 0 Å². The second-order valence-corrected chi connectivity index (χ2v) is 3.75. The maximum absolute atomic E-state index is 5.34. The Kier molecular flexibility index (Phi) is 2.98. The van der Waals surface area contributed by atoms with Gasteiger partial charge < -0.3 is 10.1 Å². The molecule has 0 amide bonds. The molecule has 12 heavy (non-hydrogen) atoms. The first kappa shape index (κ1) is 8.48. The SMILES string of the molecule is C1CC(N2CCOCC2)CC[NH2+]1. The number of morpholine rings is 1. The molecular weight excluding hydrogens is 152 g/mol. The molecule has 2 fully saturated rings. The Morgan fingerprint density at radius 3 is 2.42 bits per heavy atom. The molecular formula is C9H19N2O+. The van der Waals surface area contributed by atoms with Gasteiger partial charge in [0, 0.05) is 32.0 Å². The Morgan fingerprint density at radius 1 is 1.08 bits per heavy atom. The quantitative estimate of drug-likeness (QED) is 0.551. The van der Waals surface area contributed by atoms with E-state index in [9.17, 15) is 0 Å². The highest BCUT2D eigenvalue weighted by Crippen LogP contribution is 2.10. The molecule has 0 aromatic heterocycles. The predicted molar refractivity (Wildman–Crippen MR) is 47.1 cm³/mol. The molecule has 3 nitrogen and oxygen atoms in total. The van der Waals surface area contributed by atoms with Crippen molar-refractivity contribution in [3.05, 3.63) is 0 Å². The van der Waals surface area contributed by atoms with Crippen LogP contribution in [-0.4, -0.2) is 50.3 Å². The fourth-order valence-electron chi connectivity index (χ4n) is 2.22. The average molecular weight is 171 g/mol. The van der Waals surface area contributed by atoms with E-state index in [-0.39, 0.29) is 0 Å². The van der Waals surface area contributed by atoms with Gasteiger partial charge in [0.1, 0.15) is 0 Å². The van der Waals surface area contributed by atoms with Gasteiger partial charge in [0.05, 0.1) is 26.3 Å². The number of hydrogen-bond donors (Lipinski definition) is 1. The maximum Gasteiger partial charge on any atom is 0.0770 e. The summed E-state index contributed by atoms with van der Waals surface area (Å²) < 4.78 is 5.34. The number of nitrogens with zero attached hydrogens (tertiary/aromatic N) is 1. The smallest absolute Gasteiger partial charge is 0.0770 e. The molecule has 0 bridgehead atoms. The summed E-state index contributed by atoms with van der Waals surface area (Å²) in [5, 5.41) is 2.43. The Hall–Kier alpha value is -0.120.